The van der Waals surface area contributed by atoms with Crippen LogP contribution < -0.4 is 10.2 Å². The van der Waals surface area contributed by atoms with Gasteiger partial charge in [-0.05, 0) is 67.7 Å². The number of anilines is 1. The molecule has 0 amide bonds. The summed E-state index contributed by atoms with van der Waals surface area (Å²) >= 11 is 7.36. The van der Waals surface area contributed by atoms with Crippen molar-refractivity contribution < 1.29 is 4.42 Å². The lowest BCUT2D eigenvalue weighted by Gasteiger charge is -2.26. The van der Waals surface area contributed by atoms with Crippen molar-refractivity contribution in [2.24, 2.45) is 0 Å². The van der Waals surface area contributed by atoms with Crippen LogP contribution in [0.3, 0.4) is 0 Å². The van der Waals surface area contributed by atoms with Crippen molar-refractivity contribution in [1.82, 2.24) is 10.3 Å². The number of nitrogens with zero attached hydrogens (tertiary/aromatic N) is 2. The first-order valence-corrected chi connectivity index (χ1v) is 11.3. The minimum Gasteiger partial charge on any atom is -0.452 e. The van der Waals surface area contributed by atoms with Gasteiger partial charge in [-0.1, -0.05) is 53.7 Å². The summed E-state index contributed by atoms with van der Waals surface area (Å²) < 4.78 is 6.35. The molecule has 3 heterocycles. The highest BCUT2D eigenvalue weighted by Gasteiger charge is 2.42. The first-order chi connectivity index (χ1) is 15.2. The second-order valence-corrected chi connectivity index (χ2v) is 8.87. The molecular formula is C25H21N3OS2. The number of pyridine rings is 1. The zero-order chi connectivity index (χ0) is 21.2. The fourth-order valence-corrected chi connectivity index (χ4v) is 4.91. The third-order valence-corrected chi connectivity index (χ3v) is 6.51. The van der Waals surface area contributed by atoms with Crippen molar-refractivity contribution in [1.29, 1.82) is 0 Å². The molecule has 2 aromatic carbocycles. The fraction of sp³-hybridized carbons (Fsp3) is 0.120. The van der Waals surface area contributed by atoms with Gasteiger partial charge in [-0.25, -0.2) is 0 Å². The molecule has 0 radical (unpaired) electrons. The van der Waals surface area contributed by atoms with Gasteiger partial charge in [0, 0.05) is 16.8 Å². The van der Waals surface area contributed by atoms with Crippen LogP contribution in [0.2, 0.25) is 0 Å². The summed E-state index contributed by atoms with van der Waals surface area (Å²) in [6.45, 7) is 2.09. The van der Waals surface area contributed by atoms with Crippen molar-refractivity contribution in [2.75, 3.05) is 4.90 Å². The van der Waals surface area contributed by atoms with E-state index in [1.807, 2.05) is 54.7 Å². The van der Waals surface area contributed by atoms with Gasteiger partial charge in [-0.15, -0.1) is 0 Å². The normalized spacial score (nSPS) is 18.2. The second kappa shape index (κ2) is 8.57. The van der Waals surface area contributed by atoms with Crippen molar-refractivity contribution >= 4 is 34.8 Å². The van der Waals surface area contributed by atoms with Crippen LogP contribution in [0.5, 0.6) is 0 Å². The summed E-state index contributed by atoms with van der Waals surface area (Å²) in [5, 5.41) is 4.97. The van der Waals surface area contributed by atoms with Crippen molar-refractivity contribution in [3.63, 3.8) is 0 Å². The number of aromatic nitrogens is 1. The number of para-hydroxylation sites is 1. The summed E-state index contributed by atoms with van der Waals surface area (Å²) in [6, 6.07) is 28.4. The maximum Gasteiger partial charge on any atom is 0.174 e. The number of hydrogen-bond acceptors (Lipinski definition) is 4. The number of furan rings is 1. The van der Waals surface area contributed by atoms with Crippen molar-refractivity contribution in [3.8, 4) is 0 Å². The van der Waals surface area contributed by atoms with Gasteiger partial charge in [0.25, 0.3) is 0 Å². The molecule has 1 fully saturated rings. The minimum absolute atomic E-state index is 0.114. The van der Waals surface area contributed by atoms with Crippen molar-refractivity contribution in [2.45, 2.75) is 29.0 Å². The smallest absolute Gasteiger partial charge is 0.174 e. The molecule has 2 aromatic heterocycles. The molecular weight excluding hydrogens is 422 g/mol. The predicted molar refractivity (Wildman–Crippen MR) is 128 cm³/mol. The van der Waals surface area contributed by atoms with Crippen molar-refractivity contribution in [3.05, 3.63) is 108 Å². The van der Waals surface area contributed by atoms with E-state index >= 15 is 0 Å². The summed E-state index contributed by atoms with van der Waals surface area (Å²) in [6.07, 6.45) is 1.81. The molecule has 0 saturated carbocycles. The quantitative estimate of drug-likeness (QED) is 0.365. The zero-order valence-electron chi connectivity index (χ0n) is 16.9. The number of hydrogen-bond donors (Lipinski definition) is 1. The first-order valence-electron chi connectivity index (χ1n) is 10.1. The lowest BCUT2D eigenvalue weighted by Crippen LogP contribution is -2.29. The molecule has 4 nitrogen and oxygen atoms in total. The first kappa shape index (κ1) is 19.8. The van der Waals surface area contributed by atoms with Crippen LogP contribution in [0.4, 0.5) is 5.69 Å². The molecule has 0 aliphatic carbocycles. The number of rotatable bonds is 5. The van der Waals surface area contributed by atoms with Crippen LogP contribution in [0.15, 0.2) is 106 Å². The average Bonchev–Trinajstić information content (AvgIpc) is 3.40. The molecule has 0 unspecified atom stereocenters. The molecule has 0 spiro atoms. The summed E-state index contributed by atoms with van der Waals surface area (Å²) in [5.41, 5.74) is 3.19. The highest BCUT2D eigenvalue weighted by atomic mass is 32.2. The number of thiocarbonyl (C=S) groups is 1. The maximum absolute atomic E-state index is 6.35. The third-order valence-electron chi connectivity index (χ3n) is 5.27. The van der Waals surface area contributed by atoms with Crippen LogP contribution in [0.25, 0.3) is 0 Å². The molecule has 4 aromatic rings. The monoisotopic (exact) mass is 443 g/mol. The standard InChI is InChI=1S/C25H21N3OS2/c1-17-10-12-19(13-11-17)31-22-15-14-21(29-22)24-23(20-9-5-6-16-26-20)27-25(30)28(24)18-7-3-2-4-8-18/h2-16,23-24H,1H3,(H,27,30)/t23-,24-/m1/s1. The van der Waals surface area contributed by atoms with E-state index in [1.165, 1.54) is 5.56 Å². The largest absolute Gasteiger partial charge is 0.452 e. The lowest BCUT2D eigenvalue weighted by atomic mass is 10.0. The highest BCUT2D eigenvalue weighted by molar-refractivity contribution is 7.99. The van der Waals surface area contributed by atoms with Gasteiger partial charge in [0.1, 0.15) is 11.8 Å². The minimum atomic E-state index is -0.142. The Morgan fingerprint density at radius 2 is 1.71 bits per heavy atom. The van der Waals surface area contributed by atoms with Gasteiger partial charge in [-0.3, -0.25) is 4.98 Å². The van der Waals surface area contributed by atoms with Crippen LogP contribution in [-0.4, -0.2) is 10.1 Å². The van der Waals surface area contributed by atoms with Gasteiger partial charge >= 0.3 is 0 Å². The molecule has 5 rings (SSSR count). The van der Waals surface area contributed by atoms with E-state index in [-0.39, 0.29) is 12.1 Å². The van der Waals surface area contributed by atoms with Gasteiger partial charge in [0.15, 0.2) is 10.2 Å². The summed E-state index contributed by atoms with van der Waals surface area (Å²) in [4.78, 5) is 7.85. The zero-order valence-corrected chi connectivity index (χ0v) is 18.6. The molecule has 0 bridgehead atoms. The Morgan fingerprint density at radius 3 is 2.45 bits per heavy atom. The Kier molecular flexibility index (Phi) is 5.49. The molecule has 1 saturated heterocycles. The molecule has 154 valence electrons. The van der Waals surface area contributed by atoms with E-state index in [1.54, 1.807) is 11.8 Å². The van der Waals surface area contributed by atoms with Crippen LogP contribution in [0, 0.1) is 6.92 Å². The molecule has 1 aliphatic heterocycles. The lowest BCUT2D eigenvalue weighted by molar-refractivity contribution is 0.383. The Labute approximate surface area is 191 Å². The SMILES string of the molecule is Cc1ccc(Sc2ccc([C@@H]3[C@@H](c4ccccn4)NC(=S)N3c3ccccc3)o2)cc1. The topological polar surface area (TPSA) is 41.3 Å². The van der Waals surface area contributed by atoms with Gasteiger partial charge in [-0.2, -0.15) is 0 Å². The van der Waals surface area contributed by atoms with Gasteiger partial charge in [0.2, 0.25) is 0 Å². The molecule has 1 aliphatic rings. The molecule has 1 N–H and O–H groups in total. The van der Waals surface area contributed by atoms with Crippen LogP contribution in [-0.2, 0) is 0 Å². The highest BCUT2D eigenvalue weighted by Crippen LogP contribution is 2.43. The Balaban J connectivity index is 1.51. The predicted octanol–water partition coefficient (Wildman–Crippen LogP) is 6.31. The average molecular weight is 444 g/mol. The van der Waals surface area contributed by atoms with Crippen LogP contribution >= 0.6 is 24.0 Å². The van der Waals surface area contributed by atoms with E-state index in [0.29, 0.717) is 5.11 Å². The molecule has 2 atom stereocenters. The Morgan fingerprint density at radius 1 is 0.935 bits per heavy atom. The van der Waals surface area contributed by atoms with E-state index in [2.05, 4.69) is 58.5 Å². The number of benzene rings is 2. The molecule has 6 heteroatoms. The van der Waals surface area contributed by atoms with E-state index in [4.69, 9.17) is 16.6 Å². The summed E-state index contributed by atoms with van der Waals surface area (Å²) in [7, 11) is 0. The van der Waals surface area contributed by atoms with E-state index in [0.717, 1.165) is 27.1 Å². The number of aryl methyl sites for hydroxylation is 1. The third kappa shape index (κ3) is 4.09. The van der Waals surface area contributed by atoms with Gasteiger partial charge in [0.05, 0.1) is 11.7 Å². The Hall–Kier alpha value is -3.09. The van der Waals surface area contributed by atoms with Crippen LogP contribution in [0.1, 0.15) is 29.1 Å². The Bertz CT molecular complexity index is 1180. The summed E-state index contributed by atoms with van der Waals surface area (Å²) in [5.74, 6) is 0.849. The van der Waals surface area contributed by atoms with Gasteiger partial charge < -0.3 is 14.6 Å². The van der Waals surface area contributed by atoms with E-state index in [9.17, 15) is 0 Å². The van der Waals surface area contributed by atoms with E-state index < -0.39 is 0 Å². The fourth-order valence-electron chi connectivity index (χ4n) is 3.78. The molecule has 31 heavy (non-hydrogen) atoms. The number of nitrogens with one attached hydrogen (secondary N) is 1. The maximum atomic E-state index is 6.35. The second-order valence-electron chi connectivity index (χ2n) is 7.40.